The number of carboxylic acids is 1. The van der Waals surface area contributed by atoms with Crippen molar-refractivity contribution in [2.24, 2.45) is 0 Å². The molecule has 0 saturated carbocycles. The lowest BCUT2D eigenvalue weighted by molar-refractivity contribution is 0.0697. The van der Waals surface area contributed by atoms with Crippen LogP contribution in [0.25, 0.3) is 0 Å². The highest BCUT2D eigenvalue weighted by Crippen LogP contribution is 2.26. The first-order valence-corrected chi connectivity index (χ1v) is 6.09. The maximum absolute atomic E-state index is 10.8. The molecule has 98 valence electrons. The van der Waals surface area contributed by atoms with Gasteiger partial charge in [0.05, 0.1) is 5.56 Å². The van der Waals surface area contributed by atoms with Crippen LogP contribution >= 0.6 is 0 Å². The maximum atomic E-state index is 10.8. The van der Waals surface area contributed by atoms with Crippen LogP contribution in [-0.2, 0) is 6.42 Å². The van der Waals surface area contributed by atoms with Crippen LogP contribution in [0.1, 0.15) is 32.6 Å². The second-order valence-electron chi connectivity index (χ2n) is 4.69. The standard InChI is InChI=1S/C16H16O3/c1-10-3-6-14(11(2)15(10)17)9-12-4-7-13(8-5-12)16(18)19/h3-8,17H,9H2,1-2H3,(H,18,19). The largest absolute Gasteiger partial charge is 0.507 e. The molecule has 0 spiro atoms. The second kappa shape index (κ2) is 5.14. The zero-order valence-electron chi connectivity index (χ0n) is 11.0. The molecule has 0 amide bonds. The van der Waals surface area contributed by atoms with Gasteiger partial charge in [0.1, 0.15) is 5.75 Å². The Hall–Kier alpha value is -2.29. The summed E-state index contributed by atoms with van der Waals surface area (Å²) >= 11 is 0. The van der Waals surface area contributed by atoms with E-state index in [9.17, 15) is 9.90 Å². The van der Waals surface area contributed by atoms with Crippen LogP contribution in [0.15, 0.2) is 36.4 Å². The molecule has 0 heterocycles. The zero-order valence-corrected chi connectivity index (χ0v) is 11.0. The Morgan fingerprint density at radius 1 is 1.05 bits per heavy atom. The van der Waals surface area contributed by atoms with Crippen molar-refractivity contribution >= 4 is 5.97 Å². The number of phenolic OH excluding ortho intramolecular Hbond substituents is 1. The first-order chi connectivity index (χ1) is 8.99. The molecule has 0 saturated heterocycles. The fourth-order valence-corrected chi connectivity index (χ4v) is 2.05. The van der Waals surface area contributed by atoms with Crippen molar-refractivity contribution in [1.82, 2.24) is 0 Å². The molecule has 0 bridgehead atoms. The molecule has 2 N–H and O–H groups in total. The molecular formula is C16H16O3. The van der Waals surface area contributed by atoms with Crippen LogP contribution in [0.5, 0.6) is 5.75 Å². The summed E-state index contributed by atoms with van der Waals surface area (Å²) in [6.07, 6.45) is 0.680. The van der Waals surface area contributed by atoms with Crippen LogP contribution in [-0.4, -0.2) is 16.2 Å². The van der Waals surface area contributed by atoms with E-state index in [0.29, 0.717) is 12.2 Å². The summed E-state index contributed by atoms with van der Waals surface area (Å²) in [6.45, 7) is 3.76. The second-order valence-corrected chi connectivity index (χ2v) is 4.69. The fourth-order valence-electron chi connectivity index (χ4n) is 2.05. The Bertz CT molecular complexity index is 613. The molecule has 0 radical (unpaired) electrons. The molecule has 3 heteroatoms. The molecule has 0 fully saturated rings. The van der Waals surface area contributed by atoms with Gasteiger partial charge in [-0.05, 0) is 54.7 Å². The van der Waals surface area contributed by atoms with Gasteiger partial charge < -0.3 is 10.2 Å². The lowest BCUT2D eigenvalue weighted by atomic mass is 9.97. The van der Waals surface area contributed by atoms with E-state index in [2.05, 4.69) is 0 Å². The Labute approximate surface area is 112 Å². The van der Waals surface area contributed by atoms with Gasteiger partial charge in [0.2, 0.25) is 0 Å². The van der Waals surface area contributed by atoms with Gasteiger partial charge in [-0.2, -0.15) is 0 Å². The number of phenols is 1. The molecule has 3 nitrogen and oxygen atoms in total. The Morgan fingerprint density at radius 3 is 2.26 bits per heavy atom. The van der Waals surface area contributed by atoms with E-state index in [1.807, 2.05) is 26.0 Å². The highest BCUT2D eigenvalue weighted by molar-refractivity contribution is 5.87. The van der Waals surface area contributed by atoms with Crippen molar-refractivity contribution in [1.29, 1.82) is 0 Å². The molecule has 2 aromatic carbocycles. The molecule has 0 unspecified atom stereocenters. The quantitative estimate of drug-likeness (QED) is 0.885. The summed E-state index contributed by atoms with van der Waals surface area (Å²) in [5, 5.41) is 18.7. The van der Waals surface area contributed by atoms with Gasteiger partial charge in [-0.3, -0.25) is 0 Å². The highest BCUT2D eigenvalue weighted by Gasteiger charge is 2.07. The minimum Gasteiger partial charge on any atom is -0.507 e. The average molecular weight is 256 g/mol. The summed E-state index contributed by atoms with van der Waals surface area (Å²) in [6, 6.07) is 10.7. The molecule has 0 aliphatic carbocycles. The molecule has 2 rings (SSSR count). The molecule has 0 atom stereocenters. The van der Waals surface area contributed by atoms with E-state index in [4.69, 9.17) is 5.11 Å². The molecule has 19 heavy (non-hydrogen) atoms. The third kappa shape index (κ3) is 2.76. The predicted octanol–water partition coefficient (Wildman–Crippen LogP) is 3.30. The summed E-state index contributed by atoms with van der Waals surface area (Å²) in [5.41, 5.74) is 4.10. The number of aromatic carboxylic acids is 1. The smallest absolute Gasteiger partial charge is 0.335 e. The van der Waals surface area contributed by atoms with Crippen LogP contribution in [0.2, 0.25) is 0 Å². The first kappa shape index (κ1) is 13.1. The van der Waals surface area contributed by atoms with E-state index >= 15 is 0 Å². The first-order valence-electron chi connectivity index (χ1n) is 6.09. The molecule has 2 aromatic rings. The van der Waals surface area contributed by atoms with Crippen molar-refractivity contribution in [2.75, 3.05) is 0 Å². The normalized spacial score (nSPS) is 10.4. The van der Waals surface area contributed by atoms with Gasteiger partial charge in [0.15, 0.2) is 0 Å². The Morgan fingerprint density at radius 2 is 1.68 bits per heavy atom. The number of hydrogen-bond acceptors (Lipinski definition) is 2. The van der Waals surface area contributed by atoms with Crippen molar-refractivity contribution in [3.05, 3.63) is 64.2 Å². The van der Waals surface area contributed by atoms with E-state index in [1.54, 1.807) is 24.3 Å². The predicted molar refractivity (Wildman–Crippen MR) is 73.8 cm³/mol. The summed E-state index contributed by atoms with van der Waals surface area (Å²) in [7, 11) is 0. The van der Waals surface area contributed by atoms with Crippen molar-refractivity contribution < 1.29 is 15.0 Å². The van der Waals surface area contributed by atoms with E-state index in [-0.39, 0.29) is 5.56 Å². The van der Waals surface area contributed by atoms with Gasteiger partial charge in [-0.15, -0.1) is 0 Å². The minimum atomic E-state index is -0.921. The van der Waals surface area contributed by atoms with Crippen LogP contribution in [0, 0.1) is 13.8 Å². The Balaban J connectivity index is 2.26. The lowest BCUT2D eigenvalue weighted by Crippen LogP contribution is -1.97. The average Bonchev–Trinajstić information content (AvgIpc) is 2.40. The molecule has 0 aromatic heterocycles. The van der Waals surface area contributed by atoms with Crippen molar-refractivity contribution in [3.63, 3.8) is 0 Å². The monoisotopic (exact) mass is 256 g/mol. The maximum Gasteiger partial charge on any atom is 0.335 e. The molecule has 0 aliphatic heterocycles. The summed E-state index contributed by atoms with van der Waals surface area (Å²) in [5.74, 6) is -0.588. The van der Waals surface area contributed by atoms with Gasteiger partial charge in [0, 0.05) is 0 Å². The van der Waals surface area contributed by atoms with Crippen molar-refractivity contribution in [3.8, 4) is 5.75 Å². The Kier molecular flexibility index (Phi) is 3.56. The minimum absolute atomic E-state index is 0.284. The number of rotatable bonds is 3. The van der Waals surface area contributed by atoms with Crippen LogP contribution in [0.3, 0.4) is 0 Å². The lowest BCUT2D eigenvalue weighted by Gasteiger charge is -2.10. The summed E-state index contributed by atoms with van der Waals surface area (Å²) < 4.78 is 0. The van der Waals surface area contributed by atoms with E-state index in [1.165, 1.54) is 0 Å². The van der Waals surface area contributed by atoms with Crippen molar-refractivity contribution in [2.45, 2.75) is 20.3 Å². The number of aryl methyl sites for hydroxylation is 1. The topological polar surface area (TPSA) is 57.5 Å². The van der Waals surface area contributed by atoms with Gasteiger partial charge in [-0.25, -0.2) is 4.79 Å². The van der Waals surface area contributed by atoms with Gasteiger partial charge in [0.25, 0.3) is 0 Å². The van der Waals surface area contributed by atoms with Gasteiger partial charge >= 0.3 is 5.97 Å². The number of hydrogen-bond donors (Lipinski definition) is 2. The van der Waals surface area contributed by atoms with E-state index in [0.717, 1.165) is 22.3 Å². The number of carbonyl (C=O) groups is 1. The fraction of sp³-hybridized carbons (Fsp3) is 0.188. The number of benzene rings is 2. The molecule has 0 aliphatic rings. The third-order valence-corrected chi connectivity index (χ3v) is 3.34. The highest BCUT2D eigenvalue weighted by atomic mass is 16.4. The van der Waals surface area contributed by atoms with Gasteiger partial charge in [-0.1, -0.05) is 24.3 Å². The zero-order chi connectivity index (χ0) is 14.0. The third-order valence-electron chi connectivity index (χ3n) is 3.34. The number of aromatic hydroxyl groups is 1. The van der Waals surface area contributed by atoms with E-state index < -0.39 is 5.97 Å². The summed E-state index contributed by atoms with van der Waals surface area (Å²) in [4.78, 5) is 10.8. The SMILES string of the molecule is Cc1ccc(Cc2ccc(C(=O)O)cc2)c(C)c1O. The number of carboxylic acid groups (broad SMARTS) is 1. The van der Waals surface area contributed by atoms with Crippen LogP contribution < -0.4 is 0 Å². The van der Waals surface area contributed by atoms with Crippen LogP contribution in [0.4, 0.5) is 0 Å². The molecular weight excluding hydrogens is 240 g/mol.